The third kappa shape index (κ3) is 6.60. The summed E-state index contributed by atoms with van der Waals surface area (Å²) in [5, 5.41) is 8.51. The molecule has 0 radical (unpaired) electrons. The van der Waals surface area contributed by atoms with Gasteiger partial charge in [0.25, 0.3) is 0 Å². The summed E-state index contributed by atoms with van der Waals surface area (Å²) in [5.74, 6) is -1.36. The Morgan fingerprint density at radius 1 is 1.25 bits per heavy atom. The lowest BCUT2D eigenvalue weighted by atomic mass is 10.1. The van der Waals surface area contributed by atoms with Crippen LogP contribution in [0.1, 0.15) is 19.3 Å². The molecule has 0 aromatic heterocycles. The molecule has 0 saturated carbocycles. The van der Waals surface area contributed by atoms with Crippen LogP contribution in [-0.2, 0) is 14.3 Å². The fraction of sp³-hybridized carbons (Fsp3) is 0.778. The van der Waals surface area contributed by atoms with Crippen LogP contribution < -0.4 is 11.5 Å². The number of carbonyl (C=O) groups excluding carboxylic acids is 1. The average Bonchev–Trinajstić information content (AvgIpc) is 2.25. The van der Waals surface area contributed by atoms with Crippen molar-refractivity contribution >= 4 is 23.5 Å². The second-order valence-electron chi connectivity index (χ2n) is 3.34. The molecule has 7 heteroatoms. The fourth-order valence-corrected chi connectivity index (χ4v) is 1.12. The molecule has 0 spiro atoms. The van der Waals surface area contributed by atoms with Crippen LogP contribution in [0.4, 0.5) is 0 Å². The van der Waals surface area contributed by atoms with Crippen LogP contribution in [0.3, 0.4) is 0 Å². The number of carboxylic acids is 1. The highest BCUT2D eigenvalue weighted by Crippen LogP contribution is 2.03. The van der Waals surface area contributed by atoms with Gasteiger partial charge in [-0.25, -0.2) is 0 Å². The van der Waals surface area contributed by atoms with Crippen LogP contribution in [0.5, 0.6) is 0 Å². The number of nitrogens with two attached hydrogens (primary N) is 2. The van der Waals surface area contributed by atoms with Gasteiger partial charge in [0.2, 0.25) is 0 Å². The van der Waals surface area contributed by atoms with E-state index in [1.54, 1.807) is 0 Å². The van der Waals surface area contributed by atoms with E-state index in [4.69, 9.17) is 32.9 Å². The number of alkyl halides is 1. The van der Waals surface area contributed by atoms with E-state index in [0.29, 0.717) is 12.8 Å². The maximum atomic E-state index is 11.2. The summed E-state index contributed by atoms with van der Waals surface area (Å²) < 4.78 is 4.71. The Morgan fingerprint density at radius 3 is 2.31 bits per heavy atom. The second-order valence-corrected chi connectivity index (χ2v) is 3.72. The number of aliphatic carboxylic acids is 1. The maximum absolute atomic E-state index is 11.2. The van der Waals surface area contributed by atoms with Gasteiger partial charge >= 0.3 is 11.9 Å². The standard InChI is InChI=1S/C9H17ClN2O4/c10-4-5-16-9(15)7(12)3-1-2-6(11)8(13)14/h6-7H,1-5,11-12H2,(H,13,14)/t6-,7?/m0/s1. The van der Waals surface area contributed by atoms with Crippen LogP contribution in [0.2, 0.25) is 0 Å². The molecular formula is C9H17ClN2O4. The van der Waals surface area contributed by atoms with E-state index >= 15 is 0 Å². The quantitative estimate of drug-likeness (QED) is 0.403. The molecule has 0 aromatic rings. The van der Waals surface area contributed by atoms with Crippen molar-refractivity contribution in [3.05, 3.63) is 0 Å². The van der Waals surface area contributed by atoms with Crippen molar-refractivity contribution in [2.75, 3.05) is 12.5 Å². The number of carbonyl (C=O) groups is 2. The Balaban J connectivity index is 3.68. The zero-order chi connectivity index (χ0) is 12.6. The van der Waals surface area contributed by atoms with Gasteiger partial charge in [-0.2, -0.15) is 0 Å². The lowest BCUT2D eigenvalue weighted by molar-refractivity contribution is -0.144. The fourth-order valence-electron chi connectivity index (χ4n) is 1.05. The lowest BCUT2D eigenvalue weighted by Crippen LogP contribution is -2.34. The molecule has 1 unspecified atom stereocenters. The number of hydrogen-bond acceptors (Lipinski definition) is 5. The van der Waals surface area contributed by atoms with Crippen molar-refractivity contribution in [3.63, 3.8) is 0 Å². The van der Waals surface area contributed by atoms with Crippen molar-refractivity contribution in [2.45, 2.75) is 31.3 Å². The number of rotatable bonds is 8. The zero-order valence-corrected chi connectivity index (χ0v) is 9.65. The molecule has 0 aromatic carbocycles. The van der Waals surface area contributed by atoms with Crippen LogP contribution >= 0.6 is 11.6 Å². The number of ether oxygens (including phenoxy) is 1. The highest BCUT2D eigenvalue weighted by Gasteiger charge is 2.16. The molecule has 16 heavy (non-hydrogen) atoms. The average molecular weight is 253 g/mol. The minimum atomic E-state index is -1.06. The molecule has 0 saturated heterocycles. The van der Waals surface area contributed by atoms with Gasteiger partial charge in [0, 0.05) is 0 Å². The largest absolute Gasteiger partial charge is 0.480 e. The molecular weight excluding hydrogens is 236 g/mol. The molecule has 0 rings (SSSR count). The van der Waals surface area contributed by atoms with E-state index in [-0.39, 0.29) is 18.9 Å². The van der Waals surface area contributed by atoms with E-state index in [2.05, 4.69) is 0 Å². The van der Waals surface area contributed by atoms with Gasteiger partial charge in [0.1, 0.15) is 18.7 Å². The van der Waals surface area contributed by atoms with E-state index in [0.717, 1.165) is 0 Å². The van der Waals surface area contributed by atoms with Crippen molar-refractivity contribution in [1.29, 1.82) is 0 Å². The topological polar surface area (TPSA) is 116 Å². The molecule has 0 bridgehead atoms. The number of esters is 1. The zero-order valence-electron chi connectivity index (χ0n) is 8.89. The van der Waals surface area contributed by atoms with E-state index in [9.17, 15) is 9.59 Å². The van der Waals surface area contributed by atoms with E-state index in [1.165, 1.54) is 0 Å². The first-order valence-corrected chi connectivity index (χ1v) is 5.49. The van der Waals surface area contributed by atoms with Crippen molar-refractivity contribution in [2.24, 2.45) is 11.5 Å². The van der Waals surface area contributed by atoms with Gasteiger partial charge in [0.05, 0.1) is 5.88 Å². The predicted octanol–water partition coefficient (Wildman–Crippen LogP) is -0.322. The van der Waals surface area contributed by atoms with Crippen molar-refractivity contribution < 1.29 is 19.4 Å². The highest BCUT2D eigenvalue weighted by atomic mass is 35.5. The first-order valence-electron chi connectivity index (χ1n) is 4.95. The van der Waals surface area contributed by atoms with Gasteiger partial charge < -0.3 is 21.3 Å². The minimum absolute atomic E-state index is 0.128. The Kier molecular flexibility index (Phi) is 7.88. The van der Waals surface area contributed by atoms with Gasteiger partial charge in [-0.3, -0.25) is 9.59 Å². The van der Waals surface area contributed by atoms with E-state index < -0.39 is 24.0 Å². The molecule has 6 nitrogen and oxygen atoms in total. The van der Waals surface area contributed by atoms with Gasteiger partial charge in [-0.05, 0) is 19.3 Å². The normalized spacial score (nSPS) is 14.2. The van der Waals surface area contributed by atoms with Crippen LogP contribution in [0, 0.1) is 0 Å². The van der Waals surface area contributed by atoms with Crippen LogP contribution in [0.15, 0.2) is 0 Å². The summed E-state index contributed by atoms with van der Waals surface area (Å²) in [6.45, 7) is 0.128. The van der Waals surface area contributed by atoms with Crippen molar-refractivity contribution in [1.82, 2.24) is 0 Å². The molecule has 94 valence electrons. The van der Waals surface area contributed by atoms with Crippen LogP contribution in [0.25, 0.3) is 0 Å². The lowest BCUT2D eigenvalue weighted by Gasteiger charge is -2.11. The minimum Gasteiger partial charge on any atom is -0.480 e. The predicted molar refractivity (Wildman–Crippen MR) is 59.1 cm³/mol. The van der Waals surface area contributed by atoms with Crippen molar-refractivity contribution in [3.8, 4) is 0 Å². The molecule has 0 aliphatic heterocycles. The van der Waals surface area contributed by atoms with E-state index in [1.807, 2.05) is 0 Å². The smallest absolute Gasteiger partial charge is 0.322 e. The molecule has 0 fully saturated rings. The summed E-state index contributed by atoms with van der Waals surface area (Å²) in [7, 11) is 0. The first kappa shape index (κ1) is 15.2. The highest BCUT2D eigenvalue weighted by molar-refractivity contribution is 6.18. The summed E-state index contributed by atoms with van der Waals surface area (Å²) >= 11 is 5.33. The van der Waals surface area contributed by atoms with Gasteiger partial charge in [-0.15, -0.1) is 11.6 Å². The summed E-state index contributed by atoms with van der Waals surface area (Å²) in [6, 6.07) is -1.66. The Bertz CT molecular complexity index is 238. The molecule has 0 heterocycles. The van der Waals surface area contributed by atoms with Gasteiger partial charge in [-0.1, -0.05) is 0 Å². The van der Waals surface area contributed by atoms with Gasteiger partial charge in [0.15, 0.2) is 0 Å². The summed E-state index contributed by atoms with van der Waals surface area (Å²) in [6.07, 6.45) is 1.10. The molecule has 0 aliphatic rings. The Hall–Kier alpha value is -0.850. The second kappa shape index (κ2) is 8.32. The summed E-state index contributed by atoms with van der Waals surface area (Å²) in [5.41, 5.74) is 10.8. The molecule has 5 N–H and O–H groups in total. The number of halogens is 1. The first-order chi connectivity index (χ1) is 7.49. The maximum Gasteiger partial charge on any atom is 0.322 e. The monoisotopic (exact) mass is 252 g/mol. The Morgan fingerprint density at radius 2 is 1.81 bits per heavy atom. The molecule has 0 amide bonds. The SMILES string of the molecule is NC(CCC[C@H](N)C(=O)O)C(=O)OCCCl. The third-order valence-corrected chi connectivity index (χ3v) is 2.13. The Labute approximate surface area is 98.9 Å². The summed E-state index contributed by atoms with van der Waals surface area (Å²) in [4.78, 5) is 21.5. The molecule has 2 atom stereocenters. The third-order valence-electron chi connectivity index (χ3n) is 1.97. The number of carboxylic acid groups (broad SMARTS) is 1. The number of hydrogen-bond donors (Lipinski definition) is 3. The van der Waals surface area contributed by atoms with Crippen LogP contribution in [-0.4, -0.2) is 41.6 Å². The molecule has 0 aliphatic carbocycles.